The summed E-state index contributed by atoms with van der Waals surface area (Å²) >= 11 is 1.26. The number of aromatic nitrogens is 3. The van der Waals surface area contributed by atoms with Gasteiger partial charge in [0.1, 0.15) is 12.4 Å². The quantitative estimate of drug-likeness (QED) is 0.477. The maximum atomic E-state index is 12.0. The summed E-state index contributed by atoms with van der Waals surface area (Å²) in [5, 5.41) is 11.5. The zero-order chi connectivity index (χ0) is 19.8. The fraction of sp³-hybridized carbons (Fsp3) is 0.526. The van der Waals surface area contributed by atoms with Gasteiger partial charge in [0.15, 0.2) is 5.82 Å². The Labute approximate surface area is 165 Å². The molecule has 2 aromatic rings. The van der Waals surface area contributed by atoms with Gasteiger partial charge < -0.3 is 15.9 Å². The predicted molar refractivity (Wildman–Crippen MR) is 108 cm³/mol. The Bertz CT molecular complexity index is 730. The number of hydrogen-bond acceptors (Lipinski definition) is 6. The summed E-state index contributed by atoms with van der Waals surface area (Å²) in [6, 6.07) is 8.14. The SMILES string of the molecule is CCC[C@@H](C)NC(=O)CSc1nnc(COc2ccc(C(C)C)cc2)n1N. The number of ether oxygens (including phenoxy) is 1. The molecule has 0 saturated heterocycles. The summed E-state index contributed by atoms with van der Waals surface area (Å²) < 4.78 is 7.11. The van der Waals surface area contributed by atoms with Gasteiger partial charge in [0.25, 0.3) is 0 Å². The van der Waals surface area contributed by atoms with Crippen LogP contribution in [0.25, 0.3) is 0 Å². The van der Waals surface area contributed by atoms with Crippen LogP contribution in [-0.4, -0.2) is 32.6 Å². The summed E-state index contributed by atoms with van der Waals surface area (Å²) in [5.74, 6) is 7.98. The zero-order valence-electron chi connectivity index (χ0n) is 16.4. The van der Waals surface area contributed by atoms with E-state index in [2.05, 4.69) is 36.3 Å². The van der Waals surface area contributed by atoms with Gasteiger partial charge in [-0.3, -0.25) is 4.79 Å². The highest BCUT2D eigenvalue weighted by Crippen LogP contribution is 2.20. The van der Waals surface area contributed by atoms with Crippen LogP contribution in [0.15, 0.2) is 29.4 Å². The molecule has 0 bridgehead atoms. The van der Waals surface area contributed by atoms with Crippen LogP contribution in [0, 0.1) is 0 Å². The lowest BCUT2D eigenvalue weighted by atomic mass is 10.0. The van der Waals surface area contributed by atoms with Crippen LogP contribution in [0.5, 0.6) is 5.75 Å². The molecule has 0 saturated carbocycles. The first-order chi connectivity index (χ1) is 12.9. The number of rotatable bonds is 10. The number of carbonyl (C=O) groups is 1. The third-order valence-electron chi connectivity index (χ3n) is 4.11. The van der Waals surface area contributed by atoms with Gasteiger partial charge in [-0.25, -0.2) is 4.68 Å². The average Bonchev–Trinajstić information content (AvgIpc) is 2.98. The molecule has 1 amide bonds. The summed E-state index contributed by atoms with van der Waals surface area (Å²) in [5.41, 5.74) is 1.26. The Morgan fingerprint density at radius 2 is 1.96 bits per heavy atom. The molecule has 0 fully saturated rings. The molecule has 2 rings (SSSR count). The summed E-state index contributed by atoms with van der Waals surface area (Å²) in [4.78, 5) is 12.0. The van der Waals surface area contributed by atoms with E-state index in [9.17, 15) is 4.79 Å². The average molecular weight is 392 g/mol. The fourth-order valence-electron chi connectivity index (χ4n) is 2.55. The Hall–Kier alpha value is -2.22. The monoisotopic (exact) mass is 391 g/mol. The van der Waals surface area contributed by atoms with Gasteiger partial charge in [-0.15, -0.1) is 10.2 Å². The Morgan fingerprint density at radius 1 is 1.26 bits per heavy atom. The lowest BCUT2D eigenvalue weighted by Gasteiger charge is -2.12. The number of benzene rings is 1. The number of amides is 1. The molecule has 148 valence electrons. The topological polar surface area (TPSA) is 95.1 Å². The Morgan fingerprint density at radius 3 is 2.59 bits per heavy atom. The van der Waals surface area contributed by atoms with Crippen molar-refractivity contribution in [3.63, 3.8) is 0 Å². The van der Waals surface area contributed by atoms with Crippen molar-refractivity contribution in [1.29, 1.82) is 0 Å². The minimum Gasteiger partial charge on any atom is -0.486 e. The molecule has 0 unspecified atom stereocenters. The standard InChI is InChI=1S/C19H29N5O2S/c1-5-6-14(4)21-18(25)12-27-19-23-22-17(24(19)20)11-26-16-9-7-15(8-10-16)13(2)3/h7-10,13-14H,5-6,11-12,20H2,1-4H3,(H,21,25)/t14-/m1/s1. The largest absolute Gasteiger partial charge is 0.486 e. The van der Waals surface area contributed by atoms with Crippen molar-refractivity contribution < 1.29 is 9.53 Å². The van der Waals surface area contributed by atoms with Crippen molar-refractivity contribution in [3.8, 4) is 5.75 Å². The molecular weight excluding hydrogens is 362 g/mol. The van der Waals surface area contributed by atoms with Crippen LogP contribution >= 0.6 is 11.8 Å². The molecule has 8 heteroatoms. The first-order valence-corrected chi connectivity index (χ1v) is 10.2. The molecule has 0 aliphatic heterocycles. The van der Waals surface area contributed by atoms with E-state index in [0.717, 1.165) is 18.6 Å². The third kappa shape index (κ3) is 6.46. The van der Waals surface area contributed by atoms with Gasteiger partial charge in [-0.2, -0.15) is 0 Å². The molecule has 0 spiro atoms. The highest BCUT2D eigenvalue weighted by molar-refractivity contribution is 7.99. The lowest BCUT2D eigenvalue weighted by Crippen LogP contribution is -2.33. The van der Waals surface area contributed by atoms with Crippen LogP contribution in [0.4, 0.5) is 0 Å². The van der Waals surface area contributed by atoms with Crippen molar-refractivity contribution in [2.45, 2.75) is 64.3 Å². The molecular formula is C19H29N5O2S. The van der Waals surface area contributed by atoms with E-state index >= 15 is 0 Å². The van der Waals surface area contributed by atoms with E-state index in [0.29, 0.717) is 16.9 Å². The fourth-order valence-corrected chi connectivity index (χ4v) is 3.24. The molecule has 0 radical (unpaired) electrons. The molecule has 1 aromatic heterocycles. The molecule has 7 nitrogen and oxygen atoms in total. The first-order valence-electron chi connectivity index (χ1n) is 9.25. The maximum Gasteiger partial charge on any atom is 0.230 e. The van der Waals surface area contributed by atoms with Crippen molar-refractivity contribution in [1.82, 2.24) is 20.2 Å². The van der Waals surface area contributed by atoms with E-state index < -0.39 is 0 Å². The van der Waals surface area contributed by atoms with E-state index in [1.54, 1.807) is 0 Å². The number of nitrogens with zero attached hydrogens (tertiary/aromatic N) is 3. The van der Waals surface area contributed by atoms with E-state index in [-0.39, 0.29) is 24.3 Å². The molecule has 1 atom stereocenters. The van der Waals surface area contributed by atoms with Gasteiger partial charge in [-0.05, 0) is 37.0 Å². The second kappa shape index (κ2) is 10.2. The van der Waals surface area contributed by atoms with Gasteiger partial charge >= 0.3 is 0 Å². The van der Waals surface area contributed by atoms with E-state index in [4.69, 9.17) is 10.6 Å². The zero-order valence-corrected chi connectivity index (χ0v) is 17.3. The van der Waals surface area contributed by atoms with Crippen molar-refractivity contribution in [2.75, 3.05) is 11.6 Å². The minimum atomic E-state index is -0.0352. The predicted octanol–water partition coefficient (Wildman–Crippen LogP) is 3.09. The second-order valence-corrected chi connectivity index (χ2v) is 7.77. The minimum absolute atomic E-state index is 0.0352. The lowest BCUT2D eigenvalue weighted by molar-refractivity contribution is -0.119. The molecule has 1 heterocycles. The number of nitrogens with one attached hydrogen (secondary N) is 1. The van der Waals surface area contributed by atoms with Gasteiger partial charge in [-0.1, -0.05) is 51.1 Å². The molecule has 3 N–H and O–H groups in total. The highest BCUT2D eigenvalue weighted by Gasteiger charge is 2.14. The molecule has 0 aliphatic rings. The number of hydrogen-bond donors (Lipinski definition) is 2. The summed E-state index contributed by atoms with van der Waals surface area (Å²) in [7, 11) is 0. The summed E-state index contributed by atoms with van der Waals surface area (Å²) in [6.45, 7) is 8.61. The Balaban J connectivity index is 1.84. The van der Waals surface area contributed by atoms with Gasteiger partial charge in [0, 0.05) is 6.04 Å². The normalized spacial score (nSPS) is 12.2. The van der Waals surface area contributed by atoms with Crippen LogP contribution < -0.4 is 15.9 Å². The Kier molecular flexibility index (Phi) is 7.97. The molecule has 1 aromatic carbocycles. The first kappa shape index (κ1) is 21.1. The van der Waals surface area contributed by atoms with Crippen LogP contribution in [0.3, 0.4) is 0 Å². The molecule has 0 aliphatic carbocycles. The van der Waals surface area contributed by atoms with Crippen LogP contribution in [0.2, 0.25) is 0 Å². The van der Waals surface area contributed by atoms with Gasteiger partial charge in [0.05, 0.1) is 5.75 Å². The smallest absolute Gasteiger partial charge is 0.230 e. The van der Waals surface area contributed by atoms with Crippen LogP contribution in [-0.2, 0) is 11.4 Å². The second-order valence-electron chi connectivity index (χ2n) is 6.83. The number of nitrogens with two attached hydrogens (primary N) is 1. The number of nitrogen functional groups attached to an aromatic ring is 1. The van der Waals surface area contributed by atoms with Crippen molar-refractivity contribution in [3.05, 3.63) is 35.7 Å². The number of carbonyl (C=O) groups excluding carboxylic acids is 1. The van der Waals surface area contributed by atoms with Gasteiger partial charge in [0.2, 0.25) is 11.1 Å². The summed E-state index contributed by atoms with van der Waals surface area (Å²) in [6.07, 6.45) is 2.00. The van der Waals surface area contributed by atoms with E-state index in [1.807, 2.05) is 31.2 Å². The number of thioether (sulfide) groups is 1. The maximum absolute atomic E-state index is 12.0. The van der Waals surface area contributed by atoms with E-state index in [1.165, 1.54) is 22.0 Å². The van der Waals surface area contributed by atoms with Crippen LogP contribution in [0.1, 0.15) is 57.8 Å². The third-order valence-corrected chi connectivity index (χ3v) is 5.05. The van der Waals surface area contributed by atoms with Crippen molar-refractivity contribution >= 4 is 17.7 Å². The molecule has 27 heavy (non-hydrogen) atoms. The van der Waals surface area contributed by atoms with Crippen molar-refractivity contribution in [2.24, 2.45) is 0 Å². The highest BCUT2D eigenvalue weighted by atomic mass is 32.2.